The summed E-state index contributed by atoms with van der Waals surface area (Å²) in [4.78, 5) is 10.4. The number of nitro groups is 1. The van der Waals surface area contributed by atoms with Gasteiger partial charge in [-0.3, -0.25) is 10.1 Å². The molecule has 0 unspecified atom stereocenters. The molecule has 0 aliphatic carbocycles. The van der Waals surface area contributed by atoms with E-state index in [1.165, 1.54) is 12.1 Å². The fourth-order valence-electron chi connectivity index (χ4n) is 2.46. The van der Waals surface area contributed by atoms with Crippen molar-refractivity contribution in [3.8, 4) is 0 Å². The summed E-state index contributed by atoms with van der Waals surface area (Å²) < 4.78 is 23.8. The number of hydrogen-bond acceptors (Lipinski definition) is 6. The van der Waals surface area contributed by atoms with E-state index in [1.807, 2.05) is 24.3 Å². The summed E-state index contributed by atoms with van der Waals surface area (Å²) in [6.45, 7) is 1.65. The number of anilines is 1. The molecule has 0 bridgehead atoms. The van der Waals surface area contributed by atoms with Crippen LogP contribution in [0.3, 0.4) is 0 Å². The van der Waals surface area contributed by atoms with Gasteiger partial charge >= 0.3 is 0 Å². The van der Waals surface area contributed by atoms with Gasteiger partial charge in [0, 0.05) is 23.1 Å². The fraction of sp³-hybridized carbons (Fsp3) is 0.250. The summed E-state index contributed by atoms with van der Waals surface area (Å²) in [6.07, 6.45) is 0. The van der Waals surface area contributed by atoms with Gasteiger partial charge in [-0.05, 0) is 29.8 Å². The van der Waals surface area contributed by atoms with Gasteiger partial charge < -0.3 is 10.4 Å². The van der Waals surface area contributed by atoms with E-state index in [-0.39, 0.29) is 23.1 Å². The quantitative estimate of drug-likeness (QED) is 0.444. The number of nitrogens with one attached hydrogen (secondary N) is 1. The zero-order chi connectivity index (χ0) is 19.5. The minimum Gasteiger partial charge on any atom is -0.396 e. The maximum absolute atomic E-state index is 11.4. The lowest BCUT2D eigenvalue weighted by Crippen LogP contribution is -2.22. The molecule has 2 aromatic carbocycles. The topological polar surface area (TPSA) is 136 Å². The van der Waals surface area contributed by atoms with Crippen molar-refractivity contribution in [3.63, 3.8) is 0 Å². The molecule has 0 radical (unpaired) electrons. The van der Waals surface area contributed by atoms with Crippen LogP contribution in [0.15, 0.2) is 51.8 Å². The first-order valence-corrected chi connectivity index (χ1v) is 9.91. The number of hydrogen-bond donors (Lipinski definition) is 3. The van der Waals surface area contributed by atoms with E-state index < -0.39 is 26.7 Å². The largest absolute Gasteiger partial charge is 0.396 e. The Bertz CT molecular complexity index is 903. The first-order chi connectivity index (χ1) is 12.1. The van der Waals surface area contributed by atoms with Crippen molar-refractivity contribution < 1.29 is 18.4 Å². The number of nitrogens with zero attached hydrogens (tertiary/aromatic N) is 1. The van der Waals surface area contributed by atoms with Crippen LogP contribution in [0.2, 0.25) is 0 Å². The van der Waals surface area contributed by atoms with Gasteiger partial charge in [0.1, 0.15) is 5.69 Å². The Morgan fingerprint density at radius 3 is 2.38 bits per heavy atom. The molecular weight excluding hydrogens is 426 g/mol. The summed E-state index contributed by atoms with van der Waals surface area (Å²) in [5.74, 6) is -0.256. The second-order valence-electron chi connectivity index (χ2n) is 5.81. The molecule has 10 heteroatoms. The van der Waals surface area contributed by atoms with Crippen molar-refractivity contribution >= 4 is 37.3 Å². The highest BCUT2D eigenvalue weighted by Crippen LogP contribution is 2.33. The number of benzene rings is 2. The van der Waals surface area contributed by atoms with Crippen LogP contribution >= 0.6 is 15.9 Å². The van der Waals surface area contributed by atoms with Crippen molar-refractivity contribution in [2.75, 3.05) is 11.9 Å². The average Bonchev–Trinajstić information content (AvgIpc) is 2.59. The molecule has 140 valence electrons. The van der Waals surface area contributed by atoms with Gasteiger partial charge in [-0.25, -0.2) is 13.6 Å². The molecule has 0 spiro atoms. The SMILES string of the molecule is C[C@H](CO)[C@H](Nc1ccc(S(N)(=O)=O)cc1[N+](=O)[O-])c1ccc(Br)cc1. The Balaban J connectivity index is 2.47. The molecule has 0 aromatic heterocycles. The monoisotopic (exact) mass is 443 g/mol. The minimum absolute atomic E-state index is 0.135. The van der Waals surface area contributed by atoms with E-state index in [4.69, 9.17) is 5.14 Å². The normalized spacial score (nSPS) is 13.8. The molecule has 0 saturated heterocycles. The molecular formula is C16H18BrN3O5S. The zero-order valence-electron chi connectivity index (χ0n) is 13.8. The van der Waals surface area contributed by atoms with Crippen molar-refractivity contribution in [1.82, 2.24) is 0 Å². The number of nitrogens with two attached hydrogens (primary N) is 1. The van der Waals surface area contributed by atoms with Crippen LogP contribution in [0.25, 0.3) is 0 Å². The third-order valence-corrected chi connectivity index (χ3v) is 5.33. The molecule has 0 aliphatic rings. The molecule has 2 rings (SSSR count). The number of halogens is 1. The predicted molar refractivity (Wildman–Crippen MR) is 101 cm³/mol. The number of nitro benzene ring substituents is 1. The molecule has 0 saturated carbocycles. The van der Waals surface area contributed by atoms with Crippen LogP contribution in [-0.2, 0) is 10.0 Å². The van der Waals surface area contributed by atoms with Gasteiger partial charge in [-0.2, -0.15) is 0 Å². The Morgan fingerprint density at radius 2 is 1.88 bits per heavy atom. The Hall–Kier alpha value is -2.01. The lowest BCUT2D eigenvalue weighted by atomic mass is 9.94. The van der Waals surface area contributed by atoms with Gasteiger partial charge in [-0.15, -0.1) is 0 Å². The third kappa shape index (κ3) is 4.79. The molecule has 0 fully saturated rings. The summed E-state index contributed by atoms with van der Waals surface area (Å²) >= 11 is 3.34. The second-order valence-corrected chi connectivity index (χ2v) is 8.29. The van der Waals surface area contributed by atoms with E-state index in [1.54, 1.807) is 6.92 Å². The van der Waals surface area contributed by atoms with Crippen LogP contribution in [-0.4, -0.2) is 25.1 Å². The fourth-order valence-corrected chi connectivity index (χ4v) is 3.26. The summed E-state index contributed by atoms with van der Waals surface area (Å²) in [5.41, 5.74) is 0.541. The second kappa shape index (κ2) is 8.12. The molecule has 0 heterocycles. The van der Waals surface area contributed by atoms with E-state index in [0.29, 0.717) is 0 Å². The van der Waals surface area contributed by atoms with Crippen LogP contribution in [0, 0.1) is 16.0 Å². The maximum atomic E-state index is 11.4. The number of rotatable bonds is 7. The Labute approximate surface area is 159 Å². The van der Waals surface area contributed by atoms with Crippen molar-refractivity contribution in [3.05, 3.63) is 62.6 Å². The number of primary sulfonamides is 1. The lowest BCUT2D eigenvalue weighted by Gasteiger charge is -2.25. The van der Waals surface area contributed by atoms with Crippen LogP contribution in [0.4, 0.5) is 11.4 Å². The number of aliphatic hydroxyl groups is 1. The Kier molecular flexibility index (Phi) is 6.34. The van der Waals surface area contributed by atoms with Crippen molar-refractivity contribution in [2.24, 2.45) is 11.1 Å². The highest BCUT2D eigenvalue weighted by molar-refractivity contribution is 9.10. The number of sulfonamides is 1. The predicted octanol–water partition coefficient (Wildman–Crippen LogP) is 2.79. The summed E-state index contributed by atoms with van der Waals surface area (Å²) in [6, 6.07) is 10.3. The molecule has 2 atom stereocenters. The standard InChI is InChI=1S/C16H18BrN3O5S/c1-10(9-21)16(11-2-4-12(17)5-3-11)19-14-7-6-13(26(18,24)25)8-15(14)20(22)23/h2-8,10,16,19,21H,9H2,1H3,(H2,18,24,25)/t10-,16+/m1/s1. The van der Waals surface area contributed by atoms with Gasteiger partial charge in [0.25, 0.3) is 5.69 Å². The average molecular weight is 444 g/mol. The molecule has 0 amide bonds. The smallest absolute Gasteiger partial charge is 0.293 e. The summed E-state index contributed by atoms with van der Waals surface area (Å²) in [5, 5.41) is 29.0. The zero-order valence-corrected chi connectivity index (χ0v) is 16.2. The first-order valence-electron chi connectivity index (χ1n) is 7.57. The lowest BCUT2D eigenvalue weighted by molar-refractivity contribution is -0.384. The van der Waals surface area contributed by atoms with E-state index >= 15 is 0 Å². The van der Waals surface area contributed by atoms with E-state index in [0.717, 1.165) is 16.1 Å². The maximum Gasteiger partial charge on any atom is 0.293 e. The molecule has 8 nitrogen and oxygen atoms in total. The van der Waals surface area contributed by atoms with E-state index in [2.05, 4.69) is 21.2 Å². The highest BCUT2D eigenvalue weighted by atomic mass is 79.9. The molecule has 26 heavy (non-hydrogen) atoms. The summed E-state index contributed by atoms with van der Waals surface area (Å²) in [7, 11) is -4.06. The van der Waals surface area contributed by atoms with E-state index in [9.17, 15) is 23.6 Å². The van der Waals surface area contributed by atoms with Crippen molar-refractivity contribution in [2.45, 2.75) is 17.9 Å². The minimum atomic E-state index is -4.06. The molecule has 4 N–H and O–H groups in total. The number of aliphatic hydroxyl groups excluding tert-OH is 1. The van der Waals surface area contributed by atoms with Gasteiger partial charge in [-0.1, -0.05) is 35.0 Å². The van der Waals surface area contributed by atoms with Gasteiger partial charge in [0.2, 0.25) is 10.0 Å². The van der Waals surface area contributed by atoms with Gasteiger partial charge in [0.05, 0.1) is 15.9 Å². The first kappa shape index (κ1) is 20.3. The van der Waals surface area contributed by atoms with Crippen molar-refractivity contribution in [1.29, 1.82) is 0 Å². The van der Waals surface area contributed by atoms with Crippen LogP contribution < -0.4 is 10.5 Å². The van der Waals surface area contributed by atoms with Crippen LogP contribution in [0.1, 0.15) is 18.5 Å². The Morgan fingerprint density at radius 1 is 1.27 bits per heavy atom. The molecule has 2 aromatic rings. The third-order valence-electron chi connectivity index (χ3n) is 3.89. The molecule has 0 aliphatic heterocycles. The highest BCUT2D eigenvalue weighted by Gasteiger charge is 2.24. The van der Waals surface area contributed by atoms with Crippen LogP contribution in [0.5, 0.6) is 0 Å². The van der Waals surface area contributed by atoms with Gasteiger partial charge in [0.15, 0.2) is 0 Å².